The molecule has 1 unspecified atom stereocenters. The van der Waals surface area contributed by atoms with Crippen molar-refractivity contribution in [1.82, 2.24) is 9.78 Å². The van der Waals surface area contributed by atoms with Crippen molar-refractivity contribution in [3.05, 3.63) is 15.9 Å². The van der Waals surface area contributed by atoms with Crippen molar-refractivity contribution < 1.29 is 9.90 Å². The summed E-state index contributed by atoms with van der Waals surface area (Å²) in [4.78, 5) is 11.5. The highest BCUT2D eigenvalue weighted by Gasteiger charge is 2.34. The average Bonchev–Trinajstić information content (AvgIpc) is 2.57. The lowest BCUT2D eigenvalue weighted by atomic mass is 9.81. The van der Waals surface area contributed by atoms with Crippen molar-refractivity contribution in [2.75, 3.05) is 0 Å². The van der Waals surface area contributed by atoms with Gasteiger partial charge in [0.05, 0.1) is 21.3 Å². The van der Waals surface area contributed by atoms with E-state index in [1.165, 1.54) is 0 Å². The lowest BCUT2D eigenvalue weighted by Gasteiger charge is -2.24. The maximum atomic E-state index is 11.5. The van der Waals surface area contributed by atoms with Crippen molar-refractivity contribution in [2.45, 2.75) is 53.5 Å². The lowest BCUT2D eigenvalue weighted by molar-refractivity contribution is -0.148. The fraction of sp³-hybridized carbons (Fsp3) is 0.692. The van der Waals surface area contributed by atoms with Crippen molar-refractivity contribution >= 4 is 21.9 Å². The molecule has 1 aromatic rings. The minimum absolute atomic E-state index is 0.505. The zero-order valence-electron chi connectivity index (χ0n) is 11.5. The Labute approximate surface area is 117 Å². The van der Waals surface area contributed by atoms with E-state index in [2.05, 4.69) is 21.0 Å². The first-order chi connectivity index (χ1) is 8.35. The summed E-state index contributed by atoms with van der Waals surface area (Å²) in [6.45, 7) is 8.52. The Hall–Kier alpha value is -0.840. The molecule has 1 atom stereocenters. The third-order valence-electron chi connectivity index (χ3n) is 3.33. The Bertz CT molecular complexity index is 442. The van der Waals surface area contributed by atoms with Gasteiger partial charge in [-0.1, -0.05) is 13.3 Å². The van der Waals surface area contributed by atoms with Crippen LogP contribution in [0.2, 0.25) is 0 Å². The number of aliphatic carboxylic acids is 1. The van der Waals surface area contributed by atoms with Crippen LogP contribution in [0.4, 0.5) is 0 Å². The molecule has 102 valence electrons. The standard InChI is InChI=1S/C13H21BrN2O2/c1-5-7-13(4,12(17)18)8-10-11(14)9(3)15-16(10)6-2/h5-8H2,1-4H3,(H,17,18). The molecule has 1 heterocycles. The summed E-state index contributed by atoms with van der Waals surface area (Å²) in [6, 6.07) is 0. The summed E-state index contributed by atoms with van der Waals surface area (Å²) in [5.41, 5.74) is 1.17. The summed E-state index contributed by atoms with van der Waals surface area (Å²) in [5.74, 6) is -0.738. The van der Waals surface area contributed by atoms with Crippen molar-refractivity contribution in [3.8, 4) is 0 Å². The van der Waals surface area contributed by atoms with Gasteiger partial charge in [0.2, 0.25) is 0 Å². The number of hydrogen-bond donors (Lipinski definition) is 1. The second-order valence-electron chi connectivity index (χ2n) is 4.95. The maximum Gasteiger partial charge on any atom is 0.309 e. The zero-order chi connectivity index (χ0) is 13.9. The van der Waals surface area contributed by atoms with E-state index in [9.17, 15) is 9.90 Å². The second-order valence-corrected chi connectivity index (χ2v) is 5.75. The Morgan fingerprint density at radius 2 is 2.11 bits per heavy atom. The molecule has 18 heavy (non-hydrogen) atoms. The third-order valence-corrected chi connectivity index (χ3v) is 4.36. The normalized spacial score (nSPS) is 14.5. The summed E-state index contributed by atoms with van der Waals surface area (Å²) < 4.78 is 2.82. The van der Waals surface area contributed by atoms with Gasteiger partial charge in [-0.3, -0.25) is 9.48 Å². The van der Waals surface area contributed by atoms with E-state index in [1.807, 2.05) is 32.4 Å². The summed E-state index contributed by atoms with van der Waals surface area (Å²) >= 11 is 3.52. The van der Waals surface area contributed by atoms with Crippen LogP contribution in [0.3, 0.4) is 0 Å². The van der Waals surface area contributed by atoms with Crippen LogP contribution < -0.4 is 0 Å². The predicted octanol–water partition coefficient (Wildman–Crippen LogP) is 3.41. The van der Waals surface area contributed by atoms with Gasteiger partial charge in [-0.05, 0) is 43.1 Å². The van der Waals surface area contributed by atoms with E-state index in [1.54, 1.807) is 0 Å². The molecule has 0 saturated heterocycles. The topological polar surface area (TPSA) is 55.1 Å². The van der Waals surface area contributed by atoms with E-state index in [0.29, 0.717) is 12.8 Å². The van der Waals surface area contributed by atoms with Crippen molar-refractivity contribution in [2.24, 2.45) is 5.41 Å². The molecule has 0 aliphatic carbocycles. The Kier molecular flexibility index (Phi) is 4.96. The number of hydrogen-bond acceptors (Lipinski definition) is 2. The Morgan fingerprint density at radius 3 is 2.56 bits per heavy atom. The smallest absolute Gasteiger partial charge is 0.309 e. The number of carboxylic acids is 1. The fourth-order valence-electron chi connectivity index (χ4n) is 2.23. The van der Waals surface area contributed by atoms with E-state index in [0.717, 1.165) is 28.8 Å². The summed E-state index contributed by atoms with van der Waals surface area (Å²) in [7, 11) is 0. The molecule has 0 radical (unpaired) electrons. The molecule has 0 saturated carbocycles. The van der Waals surface area contributed by atoms with Gasteiger partial charge in [0.15, 0.2) is 0 Å². The summed E-state index contributed by atoms with van der Waals surface area (Å²) in [5, 5.41) is 13.9. The minimum Gasteiger partial charge on any atom is -0.481 e. The molecule has 5 heteroatoms. The average molecular weight is 317 g/mol. The fourth-order valence-corrected chi connectivity index (χ4v) is 2.65. The number of carboxylic acid groups (broad SMARTS) is 1. The molecule has 0 fully saturated rings. The van der Waals surface area contributed by atoms with Crippen LogP contribution in [0.5, 0.6) is 0 Å². The predicted molar refractivity (Wildman–Crippen MR) is 74.7 cm³/mol. The van der Waals surface area contributed by atoms with Gasteiger partial charge < -0.3 is 5.11 Å². The molecule has 0 aliphatic heterocycles. The van der Waals surface area contributed by atoms with E-state index in [-0.39, 0.29) is 0 Å². The molecule has 0 spiro atoms. The molecule has 1 aromatic heterocycles. The minimum atomic E-state index is -0.738. The number of halogens is 1. The SMILES string of the molecule is CCCC(C)(Cc1c(Br)c(C)nn1CC)C(=O)O. The number of rotatable bonds is 6. The Balaban J connectivity index is 3.11. The third kappa shape index (κ3) is 2.94. The van der Waals surface area contributed by atoms with Crippen LogP contribution in [0.15, 0.2) is 4.47 Å². The first kappa shape index (κ1) is 15.2. The van der Waals surface area contributed by atoms with Gasteiger partial charge in [0, 0.05) is 13.0 Å². The van der Waals surface area contributed by atoms with Gasteiger partial charge in [0.1, 0.15) is 0 Å². The number of carbonyl (C=O) groups is 1. The van der Waals surface area contributed by atoms with Crippen LogP contribution in [-0.2, 0) is 17.8 Å². The highest BCUT2D eigenvalue weighted by atomic mass is 79.9. The molecular formula is C13H21BrN2O2. The highest BCUT2D eigenvalue weighted by molar-refractivity contribution is 9.10. The zero-order valence-corrected chi connectivity index (χ0v) is 13.0. The molecule has 0 amide bonds. The van der Waals surface area contributed by atoms with Crippen LogP contribution in [0.25, 0.3) is 0 Å². The van der Waals surface area contributed by atoms with E-state index < -0.39 is 11.4 Å². The second kappa shape index (κ2) is 5.87. The molecule has 0 aromatic carbocycles. The van der Waals surface area contributed by atoms with Gasteiger partial charge in [-0.25, -0.2) is 0 Å². The molecule has 0 aliphatic rings. The number of nitrogens with zero attached hydrogens (tertiary/aromatic N) is 2. The monoisotopic (exact) mass is 316 g/mol. The quantitative estimate of drug-likeness (QED) is 0.875. The van der Waals surface area contributed by atoms with Crippen LogP contribution in [0.1, 0.15) is 45.0 Å². The van der Waals surface area contributed by atoms with Crippen LogP contribution >= 0.6 is 15.9 Å². The maximum absolute atomic E-state index is 11.5. The van der Waals surface area contributed by atoms with Crippen LogP contribution in [0, 0.1) is 12.3 Å². The van der Waals surface area contributed by atoms with Gasteiger partial charge >= 0.3 is 5.97 Å². The molecule has 1 N–H and O–H groups in total. The van der Waals surface area contributed by atoms with E-state index in [4.69, 9.17) is 0 Å². The van der Waals surface area contributed by atoms with E-state index >= 15 is 0 Å². The molecule has 0 bridgehead atoms. The molecular weight excluding hydrogens is 296 g/mol. The number of aryl methyl sites for hydroxylation is 2. The summed E-state index contributed by atoms with van der Waals surface area (Å²) in [6.07, 6.45) is 2.04. The highest BCUT2D eigenvalue weighted by Crippen LogP contribution is 2.32. The van der Waals surface area contributed by atoms with Gasteiger partial charge in [-0.2, -0.15) is 5.10 Å². The van der Waals surface area contributed by atoms with Crippen LogP contribution in [-0.4, -0.2) is 20.9 Å². The molecule has 4 nitrogen and oxygen atoms in total. The van der Waals surface area contributed by atoms with Crippen molar-refractivity contribution in [1.29, 1.82) is 0 Å². The lowest BCUT2D eigenvalue weighted by Crippen LogP contribution is -2.31. The first-order valence-corrected chi connectivity index (χ1v) is 7.10. The van der Waals surface area contributed by atoms with Gasteiger partial charge in [0.25, 0.3) is 0 Å². The van der Waals surface area contributed by atoms with Gasteiger partial charge in [-0.15, -0.1) is 0 Å². The first-order valence-electron chi connectivity index (χ1n) is 6.31. The van der Waals surface area contributed by atoms with Crippen molar-refractivity contribution in [3.63, 3.8) is 0 Å². The Morgan fingerprint density at radius 1 is 1.50 bits per heavy atom. The number of aromatic nitrogens is 2. The molecule has 1 rings (SSSR count). The largest absolute Gasteiger partial charge is 0.481 e.